The average molecular weight is 369 g/mol. The molecule has 0 bridgehead atoms. The Morgan fingerprint density at radius 1 is 1.36 bits per heavy atom. The number of likely N-dealkylation sites (tertiary alicyclic amines) is 1. The molecule has 25 heavy (non-hydrogen) atoms. The molecule has 2 fully saturated rings. The number of halogens is 2. The van der Waals surface area contributed by atoms with Crippen molar-refractivity contribution in [2.24, 2.45) is 11.8 Å². The van der Waals surface area contributed by atoms with E-state index in [-0.39, 0.29) is 17.6 Å². The molecule has 2 heterocycles. The zero-order chi connectivity index (χ0) is 17.8. The first-order valence-corrected chi connectivity index (χ1v) is 9.40. The number of benzene rings is 1. The Kier molecular flexibility index (Phi) is 6.31. The van der Waals surface area contributed by atoms with Crippen molar-refractivity contribution < 1.29 is 13.9 Å². The highest BCUT2D eigenvalue weighted by Gasteiger charge is 2.28. The lowest BCUT2D eigenvalue weighted by molar-refractivity contribution is -0.134. The third kappa shape index (κ3) is 4.72. The maximum atomic E-state index is 13.9. The summed E-state index contributed by atoms with van der Waals surface area (Å²) < 4.78 is 19.2. The fourth-order valence-corrected chi connectivity index (χ4v) is 3.98. The molecular weight excluding hydrogens is 343 g/mol. The molecule has 0 saturated carbocycles. The van der Waals surface area contributed by atoms with Crippen LogP contribution in [0.25, 0.3) is 0 Å². The van der Waals surface area contributed by atoms with Crippen LogP contribution in [-0.2, 0) is 16.1 Å². The first-order valence-electron chi connectivity index (χ1n) is 9.02. The molecule has 1 aromatic carbocycles. The zero-order valence-corrected chi connectivity index (χ0v) is 15.5. The SMILES string of the molecule is CN(CC1CCN(Cc2c(F)cccc2Cl)CC1)C(=O)C1CCOC1. The van der Waals surface area contributed by atoms with Gasteiger partial charge < -0.3 is 9.64 Å². The number of ether oxygens (including phenoxy) is 1. The zero-order valence-electron chi connectivity index (χ0n) is 14.7. The molecule has 1 unspecified atom stereocenters. The number of rotatable bonds is 5. The Balaban J connectivity index is 1.46. The topological polar surface area (TPSA) is 32.8 Å². The first kappa shape index (κ1) is 18.6. The molecular formula is C19H26ClFN2O2. The Morgan fingerprint density at radius 3 is 2.76 bits per heavy atom. The summed E-state index contributed by atoms with van der Waals surface area (Å²) in [6.07, 6.45) is 2.88. The minimum Gasteiger partial charge on any atom is -0.381 e. The van der Waals surface area contributed by atoms with E-state index in [0.29, 0.717) is 36.3 Å². The van der Waals surface area contributed by atoms with Crippen LogP contribution in [0.4, 0.5) is 4.39 Å². The second kappa shape index (κ2) is 8.47. The van der Waals surface area contributed by atoms with Crippen molar-refractivity contribution >= 4 is 17.5 Å². The number of amides is 1. The second-order valence-corrected chi connectivity index (χ2v) is 7.61. The molecule has 0 N–H and O–H groups in total. The summed E-state index contributed by atoms with van der Waals surface area (Å²) in [5.41, 5.74) is 0.580. The number of carbonyl (C=O) groups is 1. The number of nitrogens with zero attached hydrogens (tertiary/aromatic N) is 2. The minimum absolute atomic E-state index is 0.0355. The number of carbonyl (C=O) groups excluding carboxylic acids is 1. The molecule has 3 rings (SSSR count). The molecule has 2 aliphatic rings. The van der Waals surface area contributed by atoms with Crippen LogP contribution in [-0.4, -0.2) is 55.6 Å². The fourth-order valence-electron chi connectivity index (χ4n) is 3.75. The lowest BCUT2D eigenvalue weighted by Gasteiger charge is -2.34. The van der Waals surface area contributed by atoms with Crippen LogP contribution in [0.3, 0.4) is 0 Å². The van der Waals surface area contributed by atoms with E-state index in [9.17, 15) is 9.18 Å². The van der Waals surface area contributed by atoms with Gasteiger partial charge in [0.2, 0.25) is 5.91 Å². The van der Waals surface area contributed by atoms with E-state index in [4.69, 9.17) is 16.3 Å². The van der Waals surface area contributed by atoms with E-state index < -0.39 is 0 Å². The van der Waals surface area contributed by atoms with E-state index >= 15 is 0 Å². The molecule has 0 spiro atoms. The Hall–Kier alpha value is -1.17. The van der Waals surface area contributed by atoms with Crippen LogP contribution in [0.1, 0.15) is 24.8 Å². The van der Waals surface area contributed by atoms with Gasteiger partial charge in [-0.2, -0.15) is 0 Å². The fraction of sp³-hybridized carbons (Fsp3) is 0.632. The van der Waals surface area contributed by atoms with E-state index in [1.165, 1.54) is 6.07 Å². The van der Waals surface area contributed by atoms with E-state index in [1.807, 2.05) is 11.9 Å². The Morgan fingerprint density at radius 2 is 2.12 bits per heavy atom. The van der Waals surface area contributed by atoms with Crippen LogP contribution in [0.5, 0.6) is 0 Å². The maximum absolute atomic E-state index is 13.9. The molecule has 1 aromatic rings. The molecule has 138 valence electrons. The van der Waals surface area contributed by atoms with Gasteiger partial charge in [-0.1, -0.05) is 17.7 Å². The van der Waals surface area contributed by atoms with E-state index in [2.05, 4.69) is 4.90 Å². The van der Waals surface area contributed by atoms with Crippen molar-refractivity contribution in [2.45, 2.75) is 25.8 Å². The summed E-state index contributed by atoms with van der Waals surface area (Å²) in [7, 11) is 1.89. The summed E-state index contributed by atoms with van der Waals surface area (Å²) in [6, 6.07) is 4.83. The number of piperidine rings is 1. The quantitative estimate of drug-likeness (QED) is 0.800. The van der Waals surface area contributed by atoms with Crippen LogP contribution in [0.2, 0.25) is 5.02 Å². The second-order valence-electron chi connectivity index (χ2n) is 7.20. The van der Waals surface area contributed by atoms with E-state index in [1.54, 1.807) is 12.1 Å². The molecule has 2 aliphatic heterocycles. The summed E-state index contributed by atoms with van der Waals surface area (Å²) in [4.78, 5) is 16.5. The molecule has 1 amide bonds. The Bertz CT molecular complexity index is 579. The van der Waals surface area contributed by atoms with Crippen molar-refractivity contribution in [2.75, 3.05) is 39.9 Å². The van der Waals surface area contributed by atoms with Gasteiger partial charge in [0.25, 0.3) is 0 Å². The van der Waals surface area contributed by atoms with Crippen molar-refractivity contribution in [1.29, 1.82) is 0 Å². The minimum atomic E-state index is -0.237. The first-order chi connectivity index (χ1) is 12.0. The highest BCUT2D eigenvalue weighted by Crippen LogP contribution is 2.25. The lowest BCUT2D eigenvalue weighted by atomic mass is 9.95. The highest BCUT2D eigenvalue weighted by atomic mass is 35.5. The van der Waals surface area contributed by atoms with Gasteiger partial charge in [0.05, 0.1) is 12.5 Å². The van der Waals surface area contributed by atoms with Gasteiger partial charge in [0.15, 0.2) is 0 Å². The third-order valence-corrected chi connectivity index (χ3v) is 5.69. The standard InChI is InChI=1S/C19H26ClFN2O2/c1-22(19(24)15-7-10-25-13-15)11-14-5-8-23(9-6-14)12-16-17(20)3-2-4-18(16)21/h2-4,14-15H,5-13H2,1H3. The van der Waals surface area contributed by atoms with Crippen molar-refractivity contribution in [3.8, 4) is 0 Å². The molecule has 2 saturated heterocycles. The number of hydrogen-bond donors (Lipinski definition) is 0. The van der Waals surface area contributed by atoms with Crippen molar-refractivity contribution in [3.63, 3.8) is 0 Å². The van der Waals surface area contributed by atoms with Gasteiger partial charge in [-0.05, 0) is 50.4 Å². The van der Waals surface area contributed by atoms with E-state index in [0.717, 1.165) is 38.9 Å². The molecule has 0 aliphatic carbocycles. The summed E-state index contributed by atoms with van der Waals surface area (Å²) in [5.74, 6) is 0.508. The van der Waals surface area contributed by atoms with Gasteiger partial charge in [-0.3, -0.25) is 9.69 Å². The van der Waals surface area contributed by atoms with Gasteiger partial charge in [0, 0.05) is 37.3 Å². The van der Waals surface area contributed by atoms with Crippen LogP contribution in [0, 0.1) is 17.7 Å². The van der Waals surface area contributed by atoms with Crippen LogP contribution < -0.4 is 0 Å². The van der Waals surface area contributed by atoms with Crippen LogP contribution >= 0.6 is 11.6 Å². The smallest absolute Gasteiger partial charge is 0.227 e. The molecule has 0 aromatic heterocycles. The van der Waals surface area contributed by atoms with Crippen LogP contribution in [0.15, 0.2) is 18.2 Å². The van der Waals surface area contributed by atoms with Gasteiger partial charge in [0.1, 0.15) is 5.82 Å². The maximum Gasteiger partial charge on any atom is 0.227 e. The molecule has 0 radical (unpaired) electrons. The van der Waals surface area contributed by atoms with Gasteiger partial charge >= 0.3 is 0 Å². The summed E-state index contributed by atoms with van der Waals surface area (Å²) in [5, 5.41) is 0.492. The largest absolute Gasteiger partial charge is 0.381 e. The average Bonchev–Trinajstić information content (AvgIpc) is 3.13. The van der Waals surface area contributed by atoms with Gasteiger partial charge in [-0.25, -0.2) is 4.39 Å². The highest BCUT2D eigenvalue weighted by molar-refractivity contribution is 6.31. The Labute approximate surface area is 153 Å². The van der Waals surface area contributed by atoms with Crippen molar-refractivity contribution in [3.05, 3.63) is 34.6 Å². The molecule has 1 atom stereocenters. The molecule has 6 heteroatoms. The predicted molar refractivity (Wildman–Crippen MR) is 96.0 cm³/mol. The normalized spacial score (nSPS) is 22.3. The predicted octanol–water partition coefficient (Wildman–Crippen LogP) is 3.19. The third-order valence-electron chi connectivity index (χ3n) is 5.34. The van der Waals surface area contributed by atoms with Gasteiger partial charge in [-0.15, -0.1) is 0 Å². The number of hydrogen-bond acceptors (Lipinski definition) is 3. The monoisotopic (exact) mass is 368 g/mol. The lowest BCUT2D eigenvalue weighted by Crippen LogP contribution is -2.41. The summed E-state index contributed by atoms with van der Waals surface area (Å²) in [6.45, 7) is 4.41. The summed E-state index contributed by atoms with van der Waals surface area (Å²) >= 11 is 6.12. The molecule has 4 nitrogen and oxygen atoms in total. The van der Waals surface area contributed by atoms with Crippen molar-refractivity contribution in [1.82, 2.24) is 9.80 Å².